The molecule has 12 heavy (non-hydrogen) atoms. The summed E-state index contributed by atoms with van der Waals surface area (Å²) < 4.78 is 0. The Morgan fingerprint density at radius 2 is 2.25 bits per heavy atom. The number of carbonyl (C=O) groups excluding carboxylic acids is 2. The lowest BCUT2D eigenvalue weighted by molar-refractivity contribution is -0.133. The normalized spacial score (nSPS) is 17.5. The van der Waals surface area contributed by atoms with Crippen LogP contribution in [0.3, 0.4) is 0 Å². The van der Waals surface area contributed by atoms with Crippen LogP contribution in [0.4, 0.5) is 5.82 Å². The first kappa shape index (κ1) is 7.09. The summed E-state index contributed by atoms with van der Waals surface area (Å²) in [5.41, 5.74) is 0. The lowest BCUT2D eigenvalue weighted by Crippen LogP contribution is -2.27. The van der Waals surface area contributed by atoms with Crippen LogP contribution in [0.15, 0.2) is 18.3 Å². The second-order valence-corrected chi connectivity index (χ2v) is 2.69. The summed E-state index contributed by atoms with van der Waals surface area (Å²) in [4.78, 5) is 26.4. The Balaban J connectivity index is 2.27. The van der Waals surface area contributed by atoms with E-state index in [4.69, 9.17) is 0 Å². The molecule has 1 saturated heterocycles. The van der Waals surface area contributed by atoms with Crippen molar-refractivity contribution >= 4 is 17.5 Å². The quantitative estimate of drug-likeness (QED) is 0.608. The summed E-state index contributed by atoms with van der Waals surface area (Å²) >= 11 is 0. The van der Waals surface area contributed by atoms with Crippen molar-refractivity contribution in [2.45, 2.75) is 6.42 Å². The maximum absolute atomic E-state index is 11.2. The van der Waals surface area contributed by atoms with Crippen LogP contribution < -0.4 is 4.90 Å². The molecule has 0 bridgehead atoms. The maximum atomic E-state index is 11.2. The minimum absolute atomic E-state index is 0.301. The molecule has 4 nitrogen and oxygen atoms in total. The second-order valence-electron chi connectivity index (χ2n) is 2.69. The van der Waals surface area contributed by atoms with Crippen molar-refractivity contribution in [3.63, 3.8) is 0 Å². The highest BCUT2D eigenvalue weighted by Gasteiger charge is 2.30. The van der Waals surface area contributed by atoms with Gasteiger partial charge in [0.15, 0.2) is 0 Å². The van der Waals surface area contributed by atoms with E-state index in [1.165, 1.54) is 4.90 Å². The van der Waals surface area contributed by atoms with E-state index in [0.717, 1.165) is 0 Å². The van der Waals surface area contributed by atoms with Gasteiger partial charge >= 0.3 is 0 Å². The SMILES string of the molecule is O=C1CCN(c2ccc[nH]2)C1=O. The Hall–Kier alpha value is -1.58. The zero-order valence-corrected chi connectivity index (χ0v) is 6.41. The van der Waals surface area contributed by atoms with Gasteiger partial charge in [0.05, 0.1) is 0 Å². The molecule has 62 valence electrons. The van der Waals surface area contributed by atoms with Gasteiger partial charge in [0.2, 0.25) is 5.78 Å². The first-order valence-corrected chi connectivity index (χ1v) is 3.77. The number of amides is 1. The van der Waals surface area contributed by atoms with E-state index < -0.39 is 5.91 Å². The molecule has 1 fully saturated rings. The van der Waals surface area contributed by atoms with Gasteiger partial charge in [-0.1, -0.05) is 0 Å². The molecule has 1 amide bonds. The van der Waals surface area contributed by atoms with E-state index in [0.29, 0.717) is 18.8 Å². The van der Waals surface area contributed by atoms with Crippen molar-refractivity contribution in [2.24, 2.45) is 0 Å². The largest absolute Gasteiger partial charge is 0.348 e. The number of ketones is 1. The molecule has 0 aromatic carbocycles. The highest BCUT2D eigenvalue weighted by Crippen LogP contribution is 2.16. The minimum Gasteiger partial charge on any atom is -0.348 e. The van der Waals surface area contributed by atoms with Gasteiger partial charge in [-0.25, -0.2) is 0 Å². The number of carbonyl (C=O) groups is 2. The van der Waals surface area contributed by atoms with Crippen molar-refractivity contribution in [1.29, 1.82) is 0 Å². The topological polar surface area (TPSA) is 53.2 Å². The van der Waals surface area contributed by atoms with Gasteiger partial charge in [0.1, 0.15) is 5.82 Å². The van der Waals surface area contributed by atoms with Crippen LogP contribution in [0, 0.1) is 0 Å². The lowest BCUT2D eigenvalue weighted by Gasteiger charge is -2.10. The Morgan fingerprint density at radius 3 is 2.75 bits per heavy atom. The van der Waals surface area contributed by atoms with Crippen molar-refractivity contribution in [2.75, 3.05) is 11.4 Å². The summed E-state index contributed by atoms with van der Waals surface area (Å²) in [6, 6.07) is 3.57. The molecule has 1 aliphatic rings. The number of H-pyrrole nitrogens is 1. The van der Waals surface area contributed by atoms with Gasteiger partial charge in [-0.2, -0.15) is 0 Å². The zero-order chi connectivity index (χ0) is 8.55. The average molecular weight is 164 g/mol. The van der Waals surface area contributed by atoms with E-state index in [2.05, 4.69) is 4.98 Å². The second kappa shape index (κ2) is 2.48. The summed E-state index contributed by atoms with van der Waals surface area (Å²) in [5, 5.41) is 0. The third kappa shape index (κ3) is 0.922. The standard InChI is InChI=1S/C8H8N2O2/c11-6-3-5-10(8(6)12)7-2-1-4-9-7/h1-2,4,9H,3,5H2. The Kier molecular flexibility index (Phi) is 1.46. The third-order valence-electron chi connectivity index (χ3n) is 1.92. The fourth-order valence-electron chi connectivity index (χ4n) is 1.29. The molecule has 1 aromatic rings. The van der Waals surface area contributed by atoms with Gasteiger partial charge in [-0.15, -0.1) is 0 Å². The molecular formula is C8H8N2O2. The van der Waals surface area contributed by atoms with E-state index in [1.54, 1.807) is 18.3 Å². The van der Waals surface area contributed by atoms with Gasteiger partial charge in [0.25, 0.3) is 5.91 Å². The molecule has 0 unspecified atom stereocenters. The van der Waals surface area contributed by atoms with Gasteiger partial charge in [-0.05, 0) is 12.1 Å². The van der Waals surface area contributed by atoms with Crippen molar-refractivity contribution < 1.29 is 9.59 Å². The highest BCUT2D eigenvalue weighted by atomic mass is 16.2. The number of nitrogens with one attached hydrogen (secondary N) is 1. The fourth-order valence-corrected chi connectivity index (χ4v) is 1.29. The van der Waals surface area contributed by atoms with Crippen molar-refractivity contribution in [3.05, 3.63) is 18.3 Å². The third-order valence-corrected chi connectivity index (χ3v) is 1.92. The van der Waals surface area contributed by atoms with E-state index >= 15 is 0 Å². The van der Waals surface area contributed by atoms with E-state index in [-0.39, 0.29) is 5.78 Å². The molecule has 0 saturated carbocycles. The molecule has 0 aliphatic carbocycles. The maximum Gasteiger partial charge on any atom is 0.295 e. The lowest BCUT2D eigenvalue weighted by atomic mass is 10.3. The van der Waals surface area contributed by atoms with Gasteiger partial charge in [0, 0.05) is 19.2 Å². The summed E-state index contributed by atoms with van der Waals surface area (Å²) in [6.45, 7) is 0.498. The van der Waals surface area contributed by atoms with Crippen LogP contribution in [-0.2, 0) is 9.59 Å². The molecule has 4 heteroatoms. The number of hydrogen-bond donors (Lipinski definition) is 1. The van der Waals surface area contributed by atoms with Gasteiger partial charge in [-0.3, -0.25) is 14.5 Å². The summed E-state index contributed by atoms with van der Waals surface area (Å²) in [5.74, 6) is -0.00657. The number of hydrogen-bond acceptors (Lipinski definition) is 2. The van der Waals surface area contributed by atoms with Crippen molar-refractivity contribution in [3.8, 4) is 0 Å². The van der Waals surface area contributed by atoms with Crippen LogP contribution in [0.25, 0.3) is 0 Å². The first-order valence-electron chi connectivity index (χ1n) is 3.77. The van der Waals surface area contributed by atoms with E-state index in [1.807, 2.05) is 0 Å². The number of aromatic amines is 1. The molecule has 1 N–H and O–H groups in total. The average Bonchev–Trinajstić information content (AvgIpc) is 2.64. The van der Waals surface area contributed by atoms with Crippen LogP contribution in [0.2, 0.25) is 0 Å². The van der Waals surface area contributed by atoms with Crippen LogP contribution in [-0.4, -0.2) is 23.2 Å². The summed E-state index contributed by atoms with van der Waals surface area (Å²) in [7, 11) is 0. The first-order chi connectivity index (χ1) is 5.79. The minimum atomic E-state index is -0.405. The Morgan fingerprint density at radius 1 is 1.42 bits per heavy atom. The predicted octanol–water partition coefficient (Wildman–Crippen LogP) is 0.321. The van der Waals surface area contributed by atoms with Crippen molar-refractivity contribution in [1.82, 2.24) is 4.98 Å². The highest BCUT2D eigenvalue weighted by molar-refractivity contribution is 6.43. The van der Waals surface area contributed by atoms with E-state index in [9.17, 15) is 9.59 Å². The van der Waals surface area contributed by atoms with Gasteiger partial charge < -0.3 is 4.98 Å². The summed E-state index contributed by atoms with van der Waals surface area (Å²) in [6.07, 6.45) is 2.06. The molecule has 0 radical (unpaired) electrons. The molecule has 2 rings (SSSR count). The number of anilines is 1. The number of Topliss-reactive ketones (excluding diaryl/α,β-unsaturated/α-hetero) is 1. The fraction of sp³-hybridized carbons (Fsp3) is 0.250. The monoisotopic (exact) mass is 164 g/mol. The Bertz CT molecular complexity index is 316. The predicted molar refractivity (Wildman–Crippen MR) is 42.8 cm³/mol. The van der Waals surface area contributed by atoms with Crippen LogP contribution >= 0.6 is 0 Å². The molecule has 2 heterocycles. The Labute approximate surface area is 69.2 Å². The number of nitrogens with zero attached hydrogens (tertiary/aromatic N) is 1. The molecule has 1 aromatic heterocycles. The smallest absolute Gasteiger partial charge is 0.295 e. The molecule has 1 aliphatic heterocycles. The molecular weight excluding hydrogens is 156 g/mol. The number of aromatic nitrogens is 1. The number of rotatable bonds is 1. The zero-order valence-electron chi connectivity index (χ0n) is 6.41. The molecule has 0 atom stereocenters. The van der Waals surface area contributed by atoms with Crippen LogP contribution in [0.1, 0.15) is 6.42 Å². The van der Waals surface area contributed by atoms with Crippen LogP contribution in [0.5, 0.6) is 0 Å². The molecule has 0 spiro atoms.